The van der Waals surface area contributed by atoms with E-state index in [1.807, 2.05) is 29.2 Å². The molecule has 0 aromatic heterocycles. The molecule has 1 heterocycles. The van der Waals surface area contributed by atoms with Gasteiger partial charge >= 0.3 is 5.97 Å². The number of carboxylic acids is 1. The van der Waals surface area contributed by atoms with Crippen LogP contribution in [0, 0.1) is 5.92 Å². The lowest BCUT2D eigenvalue weighted by Crippen LogP contribution is -2.40. The molecule has 1 saturated heterocycles. The van der Waals surface area contributed by atoms with Crippen LogP contribution in [0.3, 0.4) is 0 Å². The lowest BCUT2D eigenvalue weighted by Gasteiger charge is -2.29. The molecule has 1 fully saturated rings. The number of nitrogens with one attached hydrogen (secondary N) is 1. The van der Waals surface area contributed by atoms with E-state index in [-0.39, 0.29) is 11.8 Å². The van der Waals surface area contributed by atoms with Crippen molar-refractivity contribution in [3.05, 3.63) is 29.8 Å². The van der Waals surface area contributed by atoms with E-state index >= 15 is 0 Å². The van der Waals surface area contributed by atoms with Gasteiger partial charge in [-0.1, -0.05) is 19.1 Å². The molecule has 0 unspecified atom stereocenters. The first kappa shape index (κ1) is 15.5. The standard InChI is InChI=1S/C16H22N2O3/c1-2-12-4-3-5-14(10-12)17-15(19)11-18-8-6-13(7-9-18)16(20)21/h3-5,10,13H,2,6-9,11H2,1H3,(H,17,19)(H,20,21). The van der Waals surface area contributed by atoms with Crippen molar-refractivity contribution < 1.29 is 14.7 Å². The summed E-state index contributed by atoms with van der Waals surface area (Å²) in [7, 11) is 0. The number of benzene rings is 1. The van der Waals surface area contributed by atoms with Crippen molar-refractivity contribution in [2.75, 3.05) is 25.0 Å². The lowest BCUT2D eigenvalue weighted by molar-refractivity contribution is -0.143. The third-order valence-electron chi connectivity index (χ3n) is 3.92. The number of piperidine rings is 1. The van der Waals surface area contributed by atoms with Gasteiger partial charge in [0.05, 0.1) is 12.5 Å². The molecule has 0 radical (unpaired) electrons. The molecule has 2 N–H and O–H groups in total. The summed E-state index contributed by atoms with van der Waals surface area (Å²) in [5, 5.41) is 11.9. The van der Waals surface area contributed by atoms with E-state index in [1.165, 1.54) is 5.56 Å². The Bertz CT molecular complexity index is 508. The zero-order valence-electron chi connectivity index (χ0n) is 12.3. The zero-order valence-corrected chi connectivity index (χ0v) is 12.3. The topological polar surface area (TPSA) is 69.6 Å². The fourth-order valence-corrected chi connectivity index (χ4v) is 2.61. The number of nitrogens with zero attached hydrogens (tertiary/aromatic N) is 1. The normalized spacial score (nSPS) is 16.6. The Kier molecular flexibility index (Phi) is 5.33. The molecule has 1 aromatic rings. The van der Waals surface area contributed by atoms with Gasteiger partial charge in [0, 0.05) is 5.69 Å². The van der Waals surface area contributed by atoms with E-state index in [4.69, 9.17) is 5.11 Å². The number of hydrogen-bond acceptors (Lipinski definition) is 3. The van der Waals surface area contributed by atoms with Crippen molar-refractivity contribution in [3.8, 4) is 0 Å². The first-order valence-electron chi connectivity index (χ1n) is 7.42. The largest absolute Gasteiger partial charge is 0.481 e. The molecular formula is C16H22N2O3. The van der Waals surface area contributed by atoms with Crippen LogP contribution >= 0.6 is 0 Å². The Morgan fingerprint density at radius 1 is 1.33 bits per heavy atom. The maximum Gasteiger partial charge on any atom is 0.306 e. The highest BCUT2D eigenvalue weighted by Gasteiger charge is 2.25. The van der Waals surface area contributed by atoms with Gasteiger partial charge in [0.25, 0.3) is 0 Å². The second kappa shape index (κ2) is 7.22. The number of aryl methyl sites for hydroxylation is 1. The number of amides is 1. The average molecular weight is 290 g/mol. The Morgan fingerprint density at radius 3 is 2.67 bits per heavy atom. The number of aliphatic carboxylic acids is 1. The highest BCUT2D eigenvalue weighted by Crippen LogP contribution is 2.17. The zero-order chi connectivity index (χ0) is 15.2. The molecule has 114 valence electrons. The predicted octanol–water partition coefficient (Wildman–Crippen LogP) is 1.98. The van der Waals surface area contributed by atoms with Crippen LogP contribution in [0.1, 0.15) is 25.3 Å². The highest BCUT2D eigenvalue weighted by atomic mass is 16.4. The van der Waals surface area contributed by atoms with E-state index in [1.54, 1.807) is 0 Å². The van der Waals surface area contributed by atoms with Gasteiger partial charge in [-0.15, -0.1) is 0 Å². The molecule has 0 spiro atoms. The first-order valence-corrected chi connectivity index (χ1v) is 7.42. The van der Waals surface area contributed by atoms with Crippen LogP contribution in [0.25, 0.3) is 0 Å². The molecule has 1 aliphatic heterocycles. The van der Waals surface area contributed by atoms with Gasteiger partial charge in [-0.05, 0) is 50.0 Å². The van der Waals surface area contributed by atoms with E-state index in [0.717, 1.165) is 12.1 Å². The molecule has 0 aliphatic carbocycles. The summed E-state index contributed by atoms with van der Waals surface area (Å²) in [6.07, 6.45) is 2.17. The average Bonchev–Trinajstić information content (AvgIpc) is 2.47. The van der Waals surface area contributed by atoms with Crippen LogP contribution < -0.4 is 5.32 Å². The van der Waals surface area contributed by atoms with E-state index in [2.05, 4.69) is 12.2 Å². The summed E-state index contributed by atoms with van der Waals surface area (Å²) in [6.45, 7) is 3.73. The summed E-state index contributed by atoms with van der Waals surface area (Å²) in [4.78, 5) is 24.9. The number of carboxylic acid groups (broad SMARTS) is 1. The minimum atomic E-state index is -0.726. The maximum atomic E-state index is 12.0. The van der Waals surface area contributed by atoms with E-state index < -0.39 is 5.97 Å². The molecule has 0 bridgehead atoms. The number of carbonyl (C=O) groups is 2. The molecule has 5 heteroatoms. The fraction of sp³-hybridized carbons (Fsp3) is 0.500. The Morgan fingerprint density at radius 2 is 2.05 bits per heavy atom. The van der Waals surface area contributed by atoms with Gasteiger partial charge in [0.1, 0.15) is 0 Å². The lowest BCUT2D eigenvalue weighted by atomic mass is 9.97. The quantitative estimate of drug-likeness (QED) is 0.870. The van der Waals surface area contributed by atoms with Crippen LogP contribution in [-0.2, 0) is 16.0 Å². The molecule has 5 nitrogen and oxygen atoms in total. The van der Waals surface area contributed by atoms with Crippen molar-refractivity contribution >= 4 is 17.6 Å². The second-order valence-corrected chi connectivity index (χ2v) is 5.49. The third-order valence-corrected chi connectivity index (χ3v) is 3.92. The first-order chi connectivity index (χ1) is 10.1. The van der Waals surface area contributed by atoms with Crippen LogP contribution in [0.15, 0.2) is 24.3 Å². The van der Waals surface area contributed by atoms with Crippen molar-refractivity contribution in [1.29, 1.82) is 0 Å². The van der Waals surface area contributed by atoms with Crippen LogP contribution in [0.4, 0.5) is 5.69 Å². The Labute approximate surface area is 125 Å². The maximum absolute atomic E-state index is 12.0. The van der Waals surface area contributed by atoms with Gasteiger partial charge in [0.2, 0.25) is 5.91 Å². The second-order valence-electron chi connectivity index (χ2n) is 5.49. The number of rotatable bonds is 5. The molecule has 0 saturated carbocycles. The van der Waals surface area contributed by atoms with Gasteiger partial charge in [0.15, 0.2) is 0 Å². The van der Waals surface area contributed by atoms with Gasteiger partial charge < -0.3 is 10.4 Å². The summed E-state index contributed by atoms with van der Waals surface area (Å²) in [5.74, 6) is -1.03. The minimum Gasteiger partial charge on any atom is -0.481 e. The summed E-state index contributed by atoms with van der Waals surface area (Å²) >= 11 is 0. The van der Waals surface area contributed by atoms with Crippen molar-refractivity contribution in [2.45, 2.75) is 26.2 Å². The molecule has 1 amide bonds. The van der Waals surface area contributed by atoms with E-state index in [9.17, 15) is 9.59 Å². The molecule has 0 atom stereocenters. The molecule has 1 aliphatic rings. The molecular weight excluding hydrogens is 268 g/mol. The number of anilines is 1. The van der Waals surface area contributed by atoms with Crippen LogP contribution in [0.2, 0.25) is 0 Å². The molecule has 21 heavy (non-hydrogen) atoms. The highest BCUT2D eigenvalue weighted by molar-refractivity contribution is 5.92. The minimum absolute atomic E-state index is 0.0444. The smallest absolute Gasteiger partial charge is 0.306 e. The van der Waals surface area contributed by atoms with Gasteiger partial charge in [-0.3, -0.25) is 14.5 Å². The summed E-state index contributed by atoms with van der Waals surface area (Å²) < 4.78 is 0. The third kappa shape index (κ3) is 4.56. The van der Waals surface area contributed by atoms with Crippen molar-refractivity contribution in [2.24, 2.45) is 5.92 Å². The monoisotopic (exact) mass is 290 g/mol. The van der Waals surface area contributed by atoms with Crippen molar-refractivity contribution in [3.63, 3.8) is 0 Å². The molecule has 1 aromatic carbocycles. The van der Waals surface area contributed by atoms with Crippen LogP contribution in [0.5, 0.6) is 0 Å². The van der Waals surface area contributed by atoms with Crippen LogP contribution in [-0.4, -0.2) is 41.5 Å². The Hall–Kier alpha value is -1.88. The summed E-state index contributed by atoms with van der Waals surface area (Å²) in [6, 6.07) is 7.83. The predicted molar refractivity (Wildman–Crippen MR) is 81.2 cm³/mol. The van der Waals surface area contributed by atoms with E-state index in [0.29, 0.717) is 32.5 Å². The van der Waals surface area contributed by atoms with Gasteiger partial charge in [-0.2, -0.15) is 0 Å². The number of likely N-dealkylation sites (tertiary alicyclic amines) is 1. The fourth-order valence-electron chi connectivity index (χ4n) is 2.61. The number of hydrogen-bond donors (Lipinski definition) is 2. The Balaban J connectivity index is 1.81. The van der Waals surface area contributed by atoms with Gasteiger partial charge in [-0.25, -0.2) is 0 Å². The van der Waals surface area contributed by atoms with Crippen molar-refractivity contribution in [1.82, 2.24) is 4.90 Å². The SMILES string of the molecule is CCc1cccc(NC(=O)CN2CCC(C(=O)O)CC2)c1. The molecule has 2 rings (SSSR count). The number of carbonyl (C=O) groups excluding carboxylic acids is 1. The summed E-state index contributed by atoms with van der Waals surface area (Å²) in [5.41, 5.74) is 2.01.